The van der Waals surface area contributed by atoms with Crippen LogP contribution in [0.5, 0.6) is 11.5 Å². The van der Waals surface area contributed by atoms with E-state index >= 15 is 0 Å². The van der Waals surface area contributed by atoms with Crippen LogP contribution < -0.4 is 24.8 Å². The first-order valence-corrected chi connectivity index (χ1v) is 14.3. The summed E-state index contributed by atoms with van der Waals surface area (Å²) in [7, 11) is -0.706. The normalized spacial score (nSPS) is 10.9. The number of para-hydroxylation sites is 1. The molecule has 3 N–H and O–H groups in total. The van der Waals surface area contributed by atoms with Crippen LogP contribution in [-0.2, 0) is 16.4 Å². The molecule has 0 saturated carbocycles. The Hall–Kier alpha value is -4.83. The van der Waals surface area contributed by atoms with Gasteiger partial charge in [-0.15, -0.1) is 0 Å². The molecule has 0 fully saturated rings. The number of sulfonamides is 1. The van der Waals surface area contributed by atoms with Crippen molar-refractivity contribution >= 4 is 33.2 Å². The molecule has 4 rings (SSSR count). The smallest absolute Gasteiger partial charge is 0.261 e. The second-order valence-electron chi connectivity index (χ2n) is 9.09. The van der Waals surface area contributed by atoms with Crippen LogP contribution in [0, 0.1) is 6.92 Å². The fraction of sp³-hybridized carbons (Fsp3) is 0.161. The summed E-state index contributed by atoms with van der Waals surface area (Å²) in [6.07, 6.45) is 0.561. The van der Waals surface area contributed by atoms with E-state index in [1.54, 1.807) is 81.8 Å². The van der Waals surface area contributed by atoms with Crippen molar-refractivity contribution in [1.82, 2.24) is 5.32 Å². The van der Waals surface area contributed by atoms with E-state index in [1.807, 2.05) is 18.2 Å². The summed E-state index contributed by atoms with van der Waals surface area (Å²) in [4.78, 5) is 26.4. The number of nitrogens with one attached hydrogen (secondary N) is 3. The lowest BCUT2D eigenvalue weighted by Crippen LogP contribution is -2.27. The number of rotatable bonds is 11. The fourth-order valence-corrected chi connectivity index (χ4v) is 5.37. The van der Waals surface area contributed by atoms with Crippen LogP contribution in [0.25, 0.3) is 0 Å². The van der Waals surface area contributed by atoms with Crippen molar-refractivity contribution in [2.45, 2.75) is 18.2 Å². The number of hydrogen-bond acceptors (Lipinski definition) is 6. The zero-order valence-corrected chi connectivity index (χ0v) is 23.7. The largest absolute Gasteiger partial charge is 0.493 e. The number of carbonyl (C=O) groups is 2. The van der Waals surface area contributed by atoms with E-state index in [-0.39, 0.29) is 22.1 Å². The van der Waals surface area contributed by atoms with Crippen molar-refractivity contribution < 1.29 is 27.5 Å². The molecule has 4 aromatic rings. The summed E-state index contributed by atoms with van der Waals surface area (Å²) in [6, 6.07) is 25.0. The van der Waals surface area contributed by atoms with Crippen molar-refractivity contribution in [3.05, 3.63) is 113 Å². The summed E-state index contributed by atoms with van der Waals surface area (Å²) in [5.74, 6) is 0.409. The molecule has 0 spiro atoms. The van der Waals surface area contributed by atoms with Crippen LogP contribution in [0.4, 0.5) is 11.4 Å². The van der Waals surface area contributed by atoms with Crippen molar-refractivity contribution in [1.29, 1.82) is 0 Å². The van der Waals surface area contributed by atoms with Gasteiger partial charge in [0.2, 0.25) is 0 Å². The summed E-state index contributed by atoms with van der Waals surface area (Å²) < 4.78 is 38.8. The molecule has 0 radical (unpaired) electrons. The predicted molar refractivity (Wildman–Crippen MR) is 158 cm³/mol. The molecule has 212 valence electrons. The Morgan fingerprint density at radius 1 is 0.732 bits per heavy atom. The van der Waals surface area contributed by atoms with E-state index in [9.17, 15) is 18.0 Å². The highest BCUT2D eigenvalue weighted by Gasteiger charge is 2.19. The van der Waals surface area contributed by atoms with Gasteiger partial charge in [-0.3, -0.25) is 14.3 Å². The van der Waals surface area contributed by atoms with Gasteiger partial charge in [-0.1, -0.05) is 42.5 Å². The van der Waals surface area contributed by atoms with Crippen LogP contribution in [0.3, 0.4) is 0 Å². The standard InChI is InChI=1S/C31H31N3O6S/c1-21-24(13-9-15-26(21)34-41(37,38)23-10-5-4-6-11-23)31(36)33-27-14-8-7-12-25(27)30(35)32-19-18-22-16-17-28(39-2)29(20-22)40-3/h4-17,20,34H,18-19H2,1-3H3,(H,32,35)(H,33,36). The van der Waals surface area contributed by atoms with Gasteiger partial charge < -0.3 is 20.1 Å². The van der Waals surface area contributed by atoms with E-state index < -0.39 is 15.9 Å². The first-order valence-electron chi connectivity index (χ1n) is 12.8. The zero-order chi connectivity index (χ0) is 29.4. The first-order chi connectivity index (χ1) is 19.7. The summed E-state index contributed by atoms with van der Waals surface area (Å²) >= 11 is 0. The third-order valence-electron chi connectivity index (χ3n) is 6.44. The Balaban J connectivity index is 1.45. The molecular weight excluding hydrogens is 542 g/mol. The van der Waals surface area contributed by atoms with Gasteiger partial charge >= 0.3 is 0 Å². The fourth-order valence-electron chi connectivity index (χ4n) is 4.23. The van der Waals surface area contributed by atoms with Gasteiger partial charge in [-0.25, -0.2) is 8.42 Å². The molecule has 0 saturated heterocycles. The van der Waals surface area contributed by atoms with E-state index in [0.29, 0.717) is 41.3 Å². The molecule has 4 aromatic carbocycles. The van der Waals surface area contributed by atoms with E-state index in [0.717, 1.165) is 5.56 Å². The lowest BCUT2D eigenvalue weighted by Gasteiger charge is -2.15. The molecule has 2 amide bonds. The van der Waals surface area contributed by atoms with Crippen LogP contribution >= 0.6 is 0 Å². The monoisotopic (exact) mass is 573 g/mol. The maximum atomic E-state index is 13.3. The van der Waals surface area contributed by atoms with Gasteiger partial charge in [0.15, 0.2) is 11.5 Å². The van der Waals surface area contributed by atoms with E-state index in [2.05, 4.69) is 15.4 Å². The average Bonchev–Trinajstić information content (AvgIpc) is 2.98. The number of benzene rings is 4. The molecule has 41 heavy (non-hydrogen) atoms. The van der Waals surface area contributed by atoms with Gasteiger partial charge in [0.05, 0.1) is 36.1 Å². The number of anilines is 2. The molecule has 0 bridgehead atoms. The lowest BCUT2D eigenvalue weighted by molar-refractivity contribution is 0.0955. The quantitative estimate of drug-likeness (QED) is 0.231. The second kappa shape index (κ2) is 13.0. The van der Waals surface area contributed by atoms with Crippen LogP contribution in [0.15, 0.2) is 95.9 Å². The zero-order valence-electron chi connectivity index (χ0n) is 22.9. The number of amides is 2. The Kier molecular flexibility index (Phi) is 9.26. The minimum Gasteiger partial charge on any atom is -0.493 e. The highest BCUT2D eigenvalue weighted by atomic mass is 32.2. The highest BCUT2D eigenvalue weighted by Crippen LogP contribution is 2.28. The van der Waals surface area contributed by atoms with Crippen molar-refractivity contribution in [2.24, 2.45) is 0 Å². The highest BCUT2D eigenvalue weighted by molar-refractivity contribution is 7.92. The molecule has 0 heterocycles. The second-order valence-corrected chi connectivity index (χ2v) is 10.8. The van der Waals surface area contributed by atoms with Gasteiger partial charge in [0.1, 0.15) is 0 Å². The lowest BCUT2D eigenvalue weighted by atomic mass is 10.1. The predicted octanol–water partition coefficient (Wildman–Crippen LogP) is 5.04. The minimum absolute atomic E-state index is 0.111. The van der Waals surface area contributed by atoms with Crippen molar-refractivity contribution in [2.75, 3.05) is 30.8 Å². The Labute approximate surface area is 239 Å². The third-order valence-corrected chi connectivity index (χ3v) is 7.82. The molecule has 0 aromatic heterocycles. The maximum Gasteiger partial charge on any atom is 0.261 e. The average molecular weight is 574 g/mol. The van der Waals surface area contributed by atoms with Crippen LogP contribution in [0.1, 0.15) is 31.8 Å². The van der Waals surface area contributed by atoms with E-state index in [1.165, 1.54) is 12.1 Å². The van der Waals surface area contributed by atoms with Crippen LogP contribution in [0.2, 0.25) is 0 Å². The van der Waals surface area contributed by atoms with Gasteiger partial charge in [-0.2, -0.15) is 0 Å². The molecule has 0 aliphatic heterocycles. The molecule has 9 nitrogen and oxygen atoms in total. The first kappa shape index (κ1) is 29.2. The number of carbonyl (C=O) groups excluding carboxylic acids is 2. The SMILES string of the molecule is COc1ccc(CCNC(=O)c2ccccc2NC(=O)c2cccc(NS(=O)(=O)c3ccccc3)c2C)cc1OC. The molecule has 0 atom stereocenters. The summed E-state index contributed by atoms with van der Waals surface area (Å²) in [6.45, 7) is 2.02. The van der Waals surface area contributed by atoms with Crippen molar-refractivity contribution in [3.63, 3.8) is 0 Å². The maximum absolute atomic E-state index is 13.3. The minimum atomic E-state index is -3.84. The van der Waals surface area contributed by atoms with E-state index in [4.69, 9.17) is 9.47 Å². The molecule has 10 heteroatoms. The van der Waals surface area contributed by atoms with Crippen LogP contribution in [-0.4, -0.2) is 41.0 Å². The van der Waals surface area contributed by atoms with Gasteiger partial charge in [0.25, 0.3) is 21.8 Å². The Bertz CT molecular complexity index is 1660. The summed E-state index contributed by atoms with van der Waals surface area (Å²) in [5.41, 5.74) is 2.58. The summed E-state index contributed by atoms with van der Waals surface area (Å²) in [5, 5.41) is 5.69. The van der Waals surface area contributed by atoms with Crippen molar-refractivity contribution in [3.8, 4) is 11.5 Å². The third kappa shape index (κ3) is 7.03. The molecule has 0 aliphatic carbocycles. The molecule has 0 unspecified atom stereocenters. The van der Waals surface area contributed by atoms with Gasteiger partial charge in [-0.05, 0) is 73.0 Å². The number of ether oxygens (including phenoxy) is 2. The topological polar surface area (TPSA) is 123 Å². The molecular formula is C31H31N3O6S. The molecule has 0 aliphatic rings. The Morgan fingerprint density at radius 3 is 2.12 bits per heavy atom. The number of methoxy groups -OCH3 is 2. The number of hydrogen-bond donors (Lipinski definition) is 3. The Morgan fingerprint density at radius 2 is 1.39 bits per heavy atom. The van der Waals surface area contributed by atoms with Gasteiger partial charge in [0, 0.05) is 12.1 Å².